The van der Waals surface area contributed by atoms with Crippen LogP contribution in [-0.4, -0.2) is 30.0 Å². The molecule has 0 aliphatic heterocycles. The first-order valence-corrected chi connectivity index (χ1v) is 8.81. The average Bonchev–Trinajstić information content (AvgIpc) is 2.60. The number of esters is 1. The quantitative estimate of drug-likeness (QED) is 0.585. The van der Waals surface area contributed by atoms with Crippen molar-refractivity contribution in [3.05, 3.63) is 48.2 Å². The Balaban J connectivity index is 2.03. The summed E-state index contributed by atoms with van der Waals surface area (Å²) in [6, 6.07) is 10.0. The van der Waals surface area contributed by atoms with Gasteiger partial charge in [-0.05, 0) is 44.2 Å². The lowest BCUT2D eigenvalue weighted by molar-refractivity contribution is -0.125. The highest BCUT2D eigenvalue weighted by Gasteiger charge is 2.25. The topological polar surface area (TPSA) is 68.7 Å². The van der Waals surface area contributed by atoms with E-state index in [0.717, 1.165) is 5.69 Å². The summed E-state index contributed by atoms with van der Waals surface area (Å²) < 4.78 is 10.8. The van der Waals surface area contributed by atoms with E-state index in [0.29, 0.717) is 17.2 Å². The summed E-state index contributed by atoms with van der Waals surface area (Å²) in [6.45, 7) is 9.41. The summed E-state index contributed by atoms with van der Waals surface area (Å²) in [5.74, 6) is 0.341. The Morgan fingerprint density at radius 3 is 2.15 bits per heavy atom. The van der Waals surface area contributed by atoms with Crippen LogP contribution in [0.4, 0.5) is 5.69 Å². The second-order valence-electron chi connectivity index (χ2n) is 7.55. The van der Waals surface area contributed by atoms with Crippen molar-refractivity contribution in [3.63, 3.8) is 0 Å². The molecule has 0 atom stereocenters. The van der Waals surface area contributed by atoms with Gasteiger partial charge in [0.25, 0.3) is 0 Å². The van der Waals surface area contributed by atoms with Gasteiger partial charge in [0.05, 0.1) is 11.7 Å². The van der Waals surface area contributed by atoms with E-state index in [4.69, 9.17) is 9.47 Å². The summed E-state index contributed by atoms with van der Waals surface area (Å²) in [5.41, 5.74) is 0.583. The highest BCUT2D eigenvalue weighted by atomic mass is 16.5. The smallest absolute Gasteiger partial charge is 0.345 e. The third-order valence-corrected chi connectivity index (χ3v) is 3.71. The molecule has 1 heterocycles. The highest BCUT2D eigenvalue weighted by molar-refractivity contribution is 5.96. The fourth-order valence-corrected chi connectivity index (χ4v) is 2.34. The highest BCUT2D eigenvalue weighted by Crippen LogP contribution is 2.24. The Labute approximate surface area is 160 Å². The monoisotopic (exact) mass is 370 g/mol. The van der Waals surface area contributed by atoms with E-state index < -0.39 is 11.4 Å². The minimum atomic E-state index is -0.509. The number of benzene rings is 1. The maximum absolute atomic E-state index is 12.3. The van der Waals surface area contributed by atoms with Crippen LogP contribution in [0.15, 0.2) is 42.6 Å². The molecule has 2 aromatic rings. The van der Waals surface area contributed by atoms with Crippen LogP contribution in [0.3, 0.4) is 0 Å². The maximum Gasteiger partial charge on any atom is 0.345 e. The second kappa shape index (κ2) is 8.20. The number of rotatable bonds is 5. The standard InChI is InChI=1S/C21H26N2O4/c1-14(2)26-18-12-7-15(13-22-18)19(24)27-17-10-8-16(9-11-17)23(6)20(25)21(3,4)5/h7-14H,1-6H3. The molecule has 6 nitrogen and oxygen atoms in total. The molecule has 0 radical (unpaired) electrons. The first kappa shape index (κ1) is 20.4. The molecular weight excluding hydrogens is 344 g/mol. The number of carbonyl (C=O) groups excluding carboxylic acids is 2. The molecule has 0 aliphatic carbocycles. The molecule has 0 saturated carbocycles. The molecular formula is C21H26N2O4. The first-order chi connectivity index (χ1) is 12.6. The van der Waals surface area contributed by atoms with E-state index in [-0.39, 0.29) is 12.0 Å². The van der Waals surface area contributed by atoms with Crippen LogP contribution in [0.1, 0.15) is 45.0 Å². The van der Waals surface area contributed by atoms with E-state index in [1.54, 1.807) is 48.3 Å². The van der Waals surface area contributed by atoms with Gasteiger partial charge in [-0.2, -0.15) is 0 Å². The van der Waals surface area contributed by atoms with E-state index in [2.05, 4.69) is 4.98 Å². The van der Waals surface area contributed by atoms with Crippen LogP contribution in [0.25, 0.3) is 0 Å². The number of hydrogen-bond acceptors (Lipinski definition) is 5. The lowest BCUT2D eigenvalue weighted by Gasteiger charge is -2.26. The molecule has 2 rings (SSSR count). The molecule has 0 unspecified atom stereocenters. The Kier molecular flexibility index (Phi) is 6.20. The number of amides is 1. The second-order valence-corrected chi connectivity index (χ2v) is 7.55. The van der Waals surface area contributed by atoms with Crippen LogP contribution >= 0.6 is 0 Å². The Bertz CT molecular complexity index is 790. The number of pyridine rings is 1. The van der Waals surface area contributed by atoms with Crippen molar-refractivity contribution in [1.82, 2.24) is 4.98 Å². The fraction of sp³-hybridized carbons (Fsp3) is 0.381. The zero-order valence-corrected chi connectivity index (χ0v) is 16.6. The molecule has 1 amide bonds. The third-order valence-electron chi connectivity index (χ3n) is 3.71. The van der Waals surface area contributed by atoms with E-state index in [1.165, 1.54) is 6.20 Å². The molecule has 0 fully saturated rings. The van der Waals surface area contributed by atoms with Crippen LogP contribution < -0.4 is 14.4 Å². The lowest BCUT2D eigenvalue weighted by atomic mass is 9.95. The molecule has 1 aromatic carbocycles. The van der Waals surface area contributed by atoms with Crippen molar-refractivity contribution in [1.29, 1.82) is 0 Å². The number of nitrogens with zero attached hydrogens (tertiary/aromatic N) is 2. The van der Waals surface area contributed by atoms with Gasteiger partial charge >= 0.3 is 5.97 Å². The number of ether oxygens (including phenoxy) is 2. The molecule has 27 heavy (non-hydrogen) atoms. The Morgan fingerprint density at radius 2 is 1.67 bits per heavy atom. The van der Waals surface area contributed by atoms with E-state index >= 15 is 0 Å². The van der Waals surface area contributed by atoms with Gasteiger partial charge in [-0.25, -0.2) is 9.78 Å². The normalized spacial score (nSPS) is 11.2. The summed E-state index contributed by atoms with van der Waals surface area (Å²) in [6.07, 6.45) is 1.43. The summed E-state index contributed by atoms with van der Waals surface area (Å²) in [4.78, 5) is 30.2. The van der Waals surface area contributed by atoms with Crippen molar-refractivity contribution in [3.8, 4) is 11.6 Å². The van der Waals surface area contributed by atoms with Gasteiger partial charge in [-0.15, -0.1) is 0 Å². The molecule has 0 spiro atoms. The van der Waals surface area contributed by atoms with Gasteiger partial charge < -0.3 is 14.4 Å². The van der Waals surface area contributed by atoms with E-state index in [9.17, 15) is 9.59 Å². The molecule has 0 saturated heterocycles. The van der Waals surface area contributed by atoms with E-state index in [1.807, 2.05) is 34.6 Å². The van der Waals surface area contributed by atoms with Crippen LogP contribution in [0.5, 0.6) is 11.6 Å². The maximum atomic E-state index is 12.3. The van der Waals surface area contributed by atoms with Crippen LogP contribution in [0, 0.1) is 5.41 Å². The van der Waals surface area contributed by atoms with Crippen molar-refractivity contribution >= 4 is 17.6 Å². The first-order valence-electron chi connectivity index (χ1n) is 8.81. The van der Waals surface area contributed by atoms with Crippen molar-refractivity contribution in [2.45, 2.75) is 40.7 Å². The number of hydrogen-bond donors (Lipinski definition) is 0. The average molecular weight is 370 g/mol. The SMILES string of the molecule is CC(C)Oc1ccc(C(=O)Oc2ccc(N(C)C(=O)C(C)(C)C)cc2)cn1. The molecule has 6 heteroatoms. The molecule has 0 N–H and O–H groups in total. The third kappa shape index (κ3) is 5.54. The Morgan fingerprint density at radius 1 is 1.04 bits per heavy atom. The molecule has 144 valence electrons. The summed E-state index contributed by atoms with van der Waals surface area (Å²) in [7, 11) is 1.72. The molecule has 0 aliphatic rings. The number of anilines is 1. The predicted octanol–water partition coefficient (Wildman–Crippen LogP) is 4.10. The molecule has 1 aromatic heterocycles. The minimum Gasteiger partial charge on any atom is -0.475 e. The van der Waals surface area contributed by atoms with Gasteiger partial charge in [-0.1, -0.05) is 20.8 Å². The zero-order chi connectivity index (χ0) is 20.2. The largest absolute Gasteiger partial charge is 0.475 e. The minimum absolute atomic E-state index is 0.00188. The van der Waals surface area contributed by atoms with Gasteiger partial charge in [0.2, 0.25) is 11.8 Å². The van der Waals surface area contributed by atoms with Gasteiger partial charge in [0, 0.05) is 30.4 Å². The van der Waals surface area contributed by atoms with Crippen molar-refractivity contribution in [2.75, 3.05) is 11.9 Å². The Hall–Kier alpha value is -2.89. The number of aromatic nitrogens is 1. The molecule has 0 bridgehead atoms. The van der Waals surface area contributed by atoms with Crippen LogP contribution in [0.2, 0.25) is 0 Å². The van der Waals surface area contributed by atoms with Gasteiger partial charge in [-0.3, -0.25) is 4.79 Å². The summed E-state index contributed by atoms with van der Waals surface area (Å²) >= 11 is 0. The lowest BCUT2D eigenvalue weighted by Crippen LogP contribution is -2.36. The summed E-state index contributed by atoms with van der Waals surface area (Å²) in [5, 5.41) is 0. The van der Waals surface area contributed by atoms with Gasteiger partial charge in [0.15, 0.2) is 0 Å². The fourth-order valence-electron chi connectivity index (χ4n) is 2.34. The zero-order valence-electron chi connectivity index (χ0n) is 16.6. The van der Waals surface area contributed by atoms with Crippen molar-refractivity contribution < 1.29 is 19.1 Å². The number of carbonyl (C=O) groups is 2. The van der Waals surface area contributed by atoms with Crippen molar-refractivity contribution in [2.24, 2.45) is 5.41 Å². The van der Waals surface area contributed by atoms with Crippen LogP contribution in [-0.2, 0) is 4.79 Å². The predicted molar refractivity (Wildman–Crippen MR) is 104 cm³/mol. The van der Waals surface area contributed by atoms with Gasteiger partial charge in [0.1, 0.15) is 5.75 Å².